The first-order chi connectivity index (χ1) is 15.5. The number of carbonyl (C=O) groups is 2. The van der Waals surface area contributed by atoms with Crippen molar-refractivity contribution in [3.8, 4) is 17.2 Å². The molecule has 3 aliphatic heterocycles. The lowest BCUT2D eigenvalue weighted by atomic mass is 9.95. The van der Waals surface area contributed by atoms with Crippen molar-refractivity contribution < 1.29 is 14.3 Å². The molecular formula is C24H23N5O3. The number of benzene rings is 1. The second kappa shape index (κ2) is 6.78. The van der Waals surface area contributed by atoms with Gasteiger partial charge in [-0.05, 0) is 35.7 Å². The Labute approximate surface area is 185 Å². The van der Waals surface area contributed by atoms with E-state index >= 15 is 0 Å². The van der Waals surface area contributed by atoms with Crippen LogP contribution in [0.2, 0.25) is 0 Å². The van der Waals surface area contributed by atoms with E-state index < -0.39 is 5.41 Å². The normalized spacial score (nSPS) is 31.4. The predicted octanol–water partition coefficient (Wildman–Crippen LogP) is 1.75. The molecule has 6 rings (SSSR count). The van der Waals surface area contributed by atoms with Crippen LogP contribution in [-0.2, 0) is 21.4 Å². The van der Waals surface area contributed by atoms with Crippen molar-refractivity contribution >= 4 is 17.7 Å². The number of fused-ring (bicyclic) bond motifs is 4. The maximum absolute atomic E-state index is 12.4. The van der Waals surface area contributed by atoms with Crippen molar-refractivity contribution in [3.63, 3.8) is 0 Å². The molecule has 8 heteroatoms. The first-order valence-corrected chi connectivity index (χ1v) is 11.0. The molecule has 2 unspecified atom stereocenters. The van der Waals surface area contributed by atoms with Crippen LogP contribution in [0.1, 0.15) is 18.2 Å². The zero-order valence-electron chi connectivity index (χ0n) is 17.7. The average Bonchev–Trinajstić information content (AvgIpc) is 3.20. The lowest BCUT2D eigenvalue weighted by Crippen LogP contribution is -2.40. The van der Waals surface area contributed by atoms with Crippen LogP contribution in [0.5, 0.6) is 0 Å². The Morgan fingerprint density at radius 2 is 2.09 bits per heavy atom. The van der Waals surface area contributed by atoms with Gasteiger partial charge >= 0.3 is 6.09 Å². The highest BCUT2D eigenvalue weighted by Crippen LogP contribution is 2.60. The number of carbonyl (C=O) groups excluding carboxylic acids is 2. The minimum absolute atomic E-state index is 0.113. The Hall–Kier alpha value is -3.44. The summed E-state index contributed by atoms with van der Waals surface area (Å²) in [6.07, 6.45) is 1.80. The molecule has 32 heavy (non-hydrogen) atoms. The van der Waals surface area contributed by atoms with Crippen LogP contribution >= 0.6 is 0 Å². The first-order valence-electron chi connectivity index (χ1n) is 11.0. The number of amides is 2. The number of aromatic nitrogens is 1. The van der Waals surface area contributed by atoms with Gasteiger partial charge in [-0.15, -0.1) is 0 Å². The van der Waals surface area contributed by atoms with E-state index in [0.717, 1.165) is 41.2 Å². The van der Waals surface area contributed by atoms with E-state index in [2.05, 4.69) is 27.8 Å². The number of hydrogen-bond acceptors (Lipinski definition) is 6. The van der Waals surface area contributed by atoms with Crippen LogP contribution in [0.25, 0.3) is 11.1 Å². The highest BCUT2D eigenvalue weighted by Gasteiger charge is 2.69. The molecule has 4 atom stereocenters. The summed E-state index contributed by atoms with van der Waals surface area (Å²) in [5.74, 6) is 0.589. The molecule has 0 spiro atoms. The van der Waals surface area contributed by atoms with Crippen molar-refractivity contribution in [1.29, 1.82) is 5.26 Å². The smallest absolute Gasteiger partial charge is 0.415 e. The maximum atomic E-state index is 12.4. The van der Waals surface area contributed by atoms with Crippen LogP contribution in [0.15, 0.2) is 36.5 Å². The van der Waals surface area contributed by atoms with E-state index in [1.165, 1.54) is 6.92 Å². The summed E-state index contributed by atoms with van der Waals surface area (Å²) < 4.78 is 5.47. The molecule has 162 valence electrons. The van der Waals surface area contributed by atoms with Crippen molar-refractivity contribution in [3.05, 3.63) is 47.8 Å². The fourth-order valence-corrected chi connectivity index (χ4v) is 5.83. The van der Waals surface area contributed by atoms with E-state index in [9.17, 15) is 14.9 Å². The summed E-state index contributed by atoms with van der Waals surface area (Å²) in [6.45, 7) is 3.53. The highest BCUT2D eigenvalue weighted by molar-refractivity contribution is 5.94. The molecule has 2 saturated heterocycles. The number of nitriles is 1. The monoisotopic (exact) mass is 429 g/mol. The zero-order valence-corrected chi connectivity index (χ0v) is 17.7. The topological polar surface area (TPSA) is 107 Å². The Morgan fingerprint density at radius 3 is 2.78 bits per heavy atom. The molecule has 4 aliphatic rings. The summed E-state index contributed by atoms with van der Waals surface area (Å²) in [4.78, 5) is 30.1. The SMILES string of the molecule is CC(=O)NC[C@@H]1OC(=O)N2c3ccc(-c4ccc(C5(C#N)C6CNCC65)nc4)cc3C[C@@H]12. The molecule has 3 fully saturated rings. The quantitative estimate of drug-likeness (QED) is 0.767. The molecule has 2 N–H and O–H groups in total. The third-order valence-electron chi connectivity index (χ3n) is 7.51. The maximum Gasteiger partial charge on any atom is 0.415 e. The molecule has 8 nitrogen and oxygen atoms in total. The lowest BCUT2D eigenvalue weighted by Gasteiger charge is -2.16. The Kier molecular flexibility index (Phi) is 4.08. The average molecular weight is 429 g/mol. The number of nitrogens with zero attached hydrogens (tertiary/aromatic N) is 3. The molecule has 0 radical (unpaired) electrons. The van der Waals surface area contributed by atoms with Gasteiger partial charge in [0.1, 0.15) is 11.5 Å². The fraction of sp³-hybridized carbons (Fsp3) is 0.417. The summed E-state index contributed by atoms with van der Waals surface area (Å²) in [6, 6.07) is 12.5. The molecule has 4 heterocycles. The Bertz CT molecular complexity index is 1160. The van der Waals surface area contributed by atoms with Crippen molar-refractivity contribution in [2.75, 3.05) is 24.5 Å². The van der Waals surface area contributed by atoms with Gasteiger partial charge in [0.2, 0.25) is 5.91 Å². The number of rotatable bonds is 4. The molecule has 1 aromatic heterocycles. The van der Waals surface area contributed by atoms with Crippen molar-refractivity contribution in [1.82, 2.24) is 15.6 Å². The van der Waals surface area contributed by atoms with Gasteiger partial charge in [-0.2, -0.15) is 5.26 Å². The number of pyridine rings is 1. The van der Waals surface area contributed by atoms with Gasteiger partial charge in [0.05, 0.1) is 30.0 Å². The van der Waals surface area contributed by atoms with Gasteiger partial charge in [-0.25, -0.2) is 4.79 Å². The Balaban J connectivity index is 1.24. The van der Waals surface area contributed by atoms with E-state index in [1.54, 1.807) is 4.90 Å². The summed E-state index contributed by atoms with van der Waals surface area (Å²) in [7, 11) is 0. The van der Waals surface area contributed by atoms with Gasteiger partial charge < -0.3 is 15.4 Å². The zero-order chi connectivity index (χ0) is 22.0. The molecule has 0 bridgehead atoms. The molecule has 2 aromatic rings. The van der Waals surface area contributed by atoms with Crippen LogP contribution < -0.4 is 15.5 Å². The third kappa shape index (κ3) is 2.61. The lowest BCUT2D eigenvalue weighted by molar-refractivity contribution is -0.119. The minimum Gasteiger partial charge on any atom is -0.442 e. The second-order valence-corrected chi connectivity index (χ2v) is 9.13. The van der Waals surface area contributed by atoms with Crippen molar-refractivity contribution in [2.45, 2.75) is 30.9 Å². The first kappa shape index (κ1) is 19.3. The number of anilines is 1. The molecule has 1 saturated carbocycles. The molecule has 1 aromatic carbocycles. The summed E-state index contributed by atoms with van der Waals surface area (Å²) in [5.41, 5.74) is 4.39. The second-order valence-electron chi connectivity index (χ2n) is 9.13. The minimum atomic E-state index is -0.435. The Morgan fingerprint density at radius 1 is 1.31 bits per heavy atom. The van der Waals surface area contributed by atoms with Gasteiger partial charge in [0.25, 0.3) is 0 Å². The number of cyclic esters (lactones) is 1. The predicted molar refractivity (Wildman–Crippen MR) is 116 cm³/mol. The molecule has 1 aliphatic carbocycles. The van der Waals surface area contributed by atoms with Crippen LogP contribution in [0.4, 0.5) is 10.5 Å². The highest BCUT2D eigenvalue weighted by atomic mass is 16.6. The van der Waals surface area contributed by atoms with E-state index in [4.69, 9.17) is 4.74 Å². The molecular weight excluding hydrogens is 406 g/mol. The number of nitrogens with one attached hydrogen (secondary N) is 2. The summed E-state index contributed by atoms with van der Waals surface area (Å²) >= 11 is 0. The van der Waals surface area contributed by atoms with Crippen LogP contribution in [0, 0.1) is 23.2 Å². The van der Waals surface area contributed by atoms with Gasteiger partial charge in [-0.3, -0.25) is 14.7 Å². The van der Waals surface area contributed by atoms with E-state index in [-0.39, 0.29) is 24.1 Å². The number of ether oxygens (including phenoxy) is 1. The van der Waals surface area contributed by atoms with Gasteiger partial charge in [0, 0.05) is 43.6 Å². The number of piperidine rings is 1. The number of hydrogen-bond donors (Lipinski definition) is 2. The molecule has 2 amide bonds. The van der Waals surface area contributed by atoms with Crippen molar-refractivity contribution in [2.24, 2.45) is 11.8 Å². The fourth-order valence-electron chi connectivity index (χ4n) is 5.83. The van der Waals surface area contributed by atoms with E-state index in [1.807, 2.05) is 30.5 Å². The van der Waals surface area contributed by atoms with Gasteiger partial charge in [-0.1, -0.05) is 12.1 Å². The summed E-state index contributed by atoms with van der Waals surface area (Å²) in [5, 5.41) is 15.9. The van der Waals surface area contributed by atoms with Crippen LogP contribution in [0.3, 0.4) is 0 Å². The third-order valence-corrected chi connectivity index (χ3v) is 7.51. The standard InChI is InChI=1S/C24H23N5O3/c1-13(30)27-11-21-20-7-16-6-14(2-4-19(16)29(20)23(31)32-21)15-3-5-22(28-8-15)24(12-25)17-9-26-10-18(17)24/h2-6,8,17-18,20-21,26H,7,9-11H2,1H3,(H,27,30)/t17?,18?,20-,21-,24?/m0/s1. The van der Waals surface area contributed by atoms with Gasteiger partial charge in [0.15, 0.2) is 0 Å². The largest absolute Gasteiger partial charge is 0.442 e. The van der Waals surface area contributed by atoms with Crippen LogP contribution in [-0.4, -0.2) is 48.8 Å². The van der Waals surface area contributed by atoms with E-state index in [0.29, 0.717) is 24.8 Å².